The summed E-state index contributed by atoms with van der Waals surface area (Å²) in [7, 11) is 1.62. The second-order valence-corrected chi connectivity index (χ2v) is 5.13. The zero-order valence-corrected chi connectivity index (χ0v) is 10.8. The lowest BCUT2D eigenvalue weighted by Crippen LogP contribution is -2.35. The van der Waals surface area contributed by atoms with Crippen molar-refractivity contribution < 1.29 is 14.3 Å². The molecule has 1 atom stereocenters. The maximum absolute atomic E-state index is 13.0. The van der Waals surface area contributed by atoms with E-state index in [1.165, 1.54) is 23.1 Å². The highest BCUT2D eigenvalue weighted by Crippen LogP contribution is 2.32. The average molecular weight is 272 g/mol. The van der Waals surface area contributed by atoms with Crippen molar-refractivity contribution in [2.45, 2.75) is 18.9 Å². The van der Waals surface area contributed by atoms with Gasteiger partial charge in [-0.1, -0.05) is 11.6 Å². The molecule has 0 radical (unpaired) electrons. The lowest BCUT2D eigenvalue weighted by molar-refractivity contribution is 0.0645. The quantitative estimate of drug-likeness (QED) is 0.913. The number of amides is 1. The van der Waals surface area contributed by atoms with Crippen LogP contribution >= 0.6 is 11.6 Å². The van der Waals surface area contributed by atoms with Gasteiger partial charge in [0.25, 0.3) is 5.91 Å². The van der Waals surface area contributed by atoms with Crippen LogP contribution in [0.25, 0.3) is 0 Å². The maximum atomic E-state index is 13.0. The molecule has 5 heteroatoms. The van der Waals surface area contributed by atoms with Gasteiger partial charge in [-0.05, 0) is 37.0 Å². The summed E-state index contributed by atoms with van der Waals surface area (Å²) in [6, 6.07) is 3.86. The third-order valence-corrected chi connectivity index (χ3v) is 3.43. The molecule has 1 saturated carbocycles. The summed E-state index contributed by atoms with van der Waals surface area (Å²) < 4.78 is 13.0. The van der Waals surface area contributed by atoms with Crippen molar-refractivity contribution in [3.05, 3.63) is 34.6 Å². The van der Waals surface area contributed by atoms with E-state index in [9.17, 15) is 14.3 Å². The number of carbonyl (C=O) groups is 1. The van der Waals surface area contributed by atoms with Crippen LogP contribution < -0.4 is 0 Å². The molecule has 0 saturated heterocycles. The second kappa shape index (κ2) is 5.24. The molecule has 0 bridgehead atoms. The van der Waals surface area contributed by atoms with Gasteiger partial charge in [-0.15, -0.1) is 0 Å². The van der Waals surface area contributed by atoms with E-state index < -0.39 is 11.9 Å². The summed E-state index contributed by atoms with van der Waals surface area (Å²) in [6.45, 7) is 0.290. The van der Waals surface area contributed by atoms with Crippen LogP contribution in [-0.4, -0.2) is 35.6 Å². The van der Waals surface area contributed by atoms with Crippen LogP contribution in [0.5, 0.6) is 0 Å². The van der Waals surface area contributed by atoms with Crippen LogP contribution in [0.15, 0.2) is 18.2 Å². The Morgan fingerprint density at radius 3 is 2.83 bits per heavy atom. The number of carbonyl (C=O) groups excluding carboxylic acids is 1. The molecule has 0 spiro atoms. The van der Waals surface area contributed by atoms with Crippen molar-refractivity contribution in [3.8, 4) is 0 Å². The molecular weight excluding hydrogens is 257 g/mol. The Labute approximate surface area is 110 Å². The first-order valence-corrected chi connectivity index (χ1v) is 6.25. The fourth-order valence-corrected chi connectivity index (χ4v) is 2.02. The lowest BCUT2D eigenvalue weighted by atomic mass is 10.1. The fraction of sp³-hybridized carbons (Fsp3) is 0.462. The number of aliphatic hydroxyl groups excluding tert-OH is 1. The first-order chi connectivity index (χ1) is 8.49. The third kappa shape index (κ3) is 3.00. The summed E-state index contributed by atoms with van der Waals surface area (Å²) in [5.41, 5.74) is 0.326. The molecule has 1 aliphatic rings. The Hall–Kier alpha value is -1.13. The van der Waals surface area contributed by atoms with Crippen LogP contribution in [0.3, 0.4) is 0 Å². The number of benzene rings is 1. The molecule has 0 aliphatic heterocycles. The zero-order valence-electron chi connectivity index (χ0n) is 10.1. The van der Waals surface area contributed by atoms with Gasteiger partial charge in [0.15, 0.2) is 0 Å². The van der Waals surface area contributed by atoms with Gasteiger partial charge in [-0.3, -0.25) is 4.79 Å². The number of hydrogen-bond donors (Lipinski definition) is 1. The number of aliphatic hydroxyl groups is 1. The van der Waals surface area contributed by atoms with Crippen molar-refractivity contribution in [1.29, 1.82) is 0 Å². The van der Waals surface area contributed by atoms with Crippen molar-refractivity contribution >= 4 is 17.5 Å². The van der Waals surface area contributed by atoms with Gasteiger partial charge in [0.1, 0.15) is 5.82 Å². The lowest BCUT2D eigenvalue weighted by Gasteiger charge is -2.20. The number of rotatable bonds is 4. The van der Waals surface area contributed by atoms with E-state index in [-0.39, 0.29) is 10.9 Å². The predicted octanol–water partition coefficient (Wildman–Crippen LogP) is 2.32. The van der Waals surface area contributed by atoms with Gasteiger partial charge < -0.3 is 10.0 Å². The molecule has 1 aromatic carbocycles. The number of hydrogen-bond acceptors (Lipinski definition) is 2. The first kappa shape index (κ1) is 13.3. The molecule has 1 fully saturated rings. The Morgan fingerprint density at radius 1 is 1.61 bits per heavy atom. The topological polar surface area (TPSA) is 40.5 Å². The minimum Gasteiger partial charge on any atom is -0.391 e. The monoisotopic (exact) mass is 271 g/mol. The highest BCUT2D eigenvalue weighted by molar-refractivity contribution is 6.31. The molecule has 1 aromatic rings. The van der Waals surface area contributed by atoms with E-state index in [2.05, 4.69) is 0 Å². The maximum Gasteiger partial charge on any atom is 0.253 e. The largest absolute Gasteiger partial charge is 0.391 e. The van der Waals surface area contributed by atoms with Crippen molar-refractivity contribution in [3.63, 3.8) is 0 Å². The Bertz CT molecular complexity index is 462. The first-order valence-electron chi connectivity index (χ1n) is 5.87. The second-order valence-electron chi connectivity index (χ2n) is 4.72. The van der Waals surface area contributed by atoms with Crippen LogP contribution in [-0.2, 0) is 0 Å². The number of likely N-dealkylation sites (N-methyl/N-ethyl adjacent to an activating group) is 1. The SMILES string of the molecule is CN(CC(O)C1CC1)C(=O)c1ccc(F)c(Cl)c1. The summed E-state index contributed by atoms with van der Waals surface area (Å²) >= 11 is 5.63. The molecule has 1 unspecified atom stereocenters. The van der Waals surface area contributed by atoms with E-state index in [0.717, 1.165) is 12.8 Å². The molecule has 0 aromatic heterocycles. The van der Waals surface area contributed by atoms with E-state index in [0.29, 0.717) is 18.0 Å². The van der Waals surface area contributed by atoms with Gasteiger partial charge in [-0.25, -0.2) is 4.39 Å². The van der Waals surface area contributed by atoms with Crippen molar-refractivity contribution in [2.24, 2.45) is 5.92 Å². The molecule has 2 rings (SSSR count). The standard InChI is InChI=1S/C13H15ClFNO2/c1-16(7-12(17)8-2-3-8)13(18)9-4-5-11(15)10(14)6-9/h4-6,8,12,17H,2-3,7H2,1H3. The Morgan fingerprint density at radius 2 is 2.28 bits per heavy atom. The normalized spacial score (nSPS) is 16.4. The highest BCUT2D eigenvalue weighted by Gasteiger charge is 2.31. The smallest absolute Gasteiger partial charge is 0.253 e. The van der Waals surface area contributed by atoms with Crippen molar-refractivity contribution in [2.75, 3.05) is 13.6 Å². The summed E-state index contributed by atoms with van der Waals surface area (Å²) in [4.78, 5) is 13.5. The minimum atomic E-state index is -0.547. The molecule has 0 heterocycles. The van der Waals surface area contributed by atoms with Crippen LogP contribution in [0.4, 0.5) is 4.39 Å². The van der Waals surface area contributed by atoms with Crippen LogP contribution in [0.2, 0.25) is 5.02 Å². The van der Waals surface area contributed by atoms with Crippen LogP contribution in [0.1, 0.15) is 23.2 Å². The minimum absolute atomic E-state index is 0.0722. The van der Waals surface area contributed by atoms with Gasteiger partial charge in [0.2, 0.25) is 0 Å². The van der Waals surface area contributed by atoms with E-state index >= 15 is 0 Å². The summed E-state index contributed by atoms with van der Waals surface area (Å²) in [6.07, 6.45) is 1.56. The van der Waals surface area contributed by atoms with Crippen molar-refractivity contribution in [1.82, 2.24) is 4.90 Å². The van der Waals surface area contributed by atoms with E-state index in [1.54, 1.807) is 7.05 Å². The third-order valence-electron chi connectivity index (χ3n) is 3.14. The molecular formula is C13H15ClFNO2. The fourth-order valence-electron chi connectivity index (χ4n) is 1.84. The predicted molar refractivity (Wildman–Crippen MR) is 67.1 cm³/mol. The van der Waals surface area contributed by atoms with Crippen LogP contribution in [0, 0.1) is 11.7 Å². The molecule has 1 amide bonds. The molecule has 1 N–H and O–H groups in total. The van der Waals surface area contributed by atoms with Gasteiger partial charge in [0.05, 0.1) is 11.1 Å². The highest BCUT2D eigenvalue weighted by atomic mass is 35.5. The van der Waals surface area contributed by atoms with Gasteiger partial charge in [0, 0.05) is 19.2 Å². The number of nitrogens with zero attached hydrogens (tertiary/aromatic N) is 1. The Balaban J connectivity index is 2.02. The Kier molecular flexibility index (Phi) is 3.88. The van der Waals surface area contributed by atoms with E-state index in [4.69, 9.17) is 11.6 Å². The van der Waals surface area contributed by atoms with E-state index in [1.807, 2.05) is 0 Å². The molecule has 18 heavy (non-hydrogen) atoms. The van der Waals surface area contributed by atoms with Gasteiger partial charge in [-0.2, -0.15) is 0 Å². The average Bonchev–Trinajstić information content (AvgIpc) is 3.15. The zero-order chi connectivity index (χ0) is 13.3. The summed E-state index contributed by atoms with van der Waals surface area (Å²) in [5.74, 6) is -0.498. The summed E-state index contributed by atoms with van der Waals surface area (Å²) in [5, 5.41) is 9.70. The molecule has 3 nitrogen and oxygen atoms in total. The molecule has 98 valence electrons. The molecule has 1 aliphatic carbocycles. The number of halogens is 2. The van der Waals surface area contributed by atoms with Gasteiger partial charge >= 0.3 is 0 Å².